The standard InChI is InChI=1S/C17H23N3O/c1-4-21-16-10-15(17(16,2)3)20-13-7-8-19-14-9-11(18)5-6-12(13)14/h5-9,15-16H,4,10,18H2,1-3H3,(H,19,20). The lowest BCUT2D eigenvalue weighted by molar-refractivity contribution is -0.0975. The molecule has 0 spiro atoms. The highest BCUT2D eigenvalue weighted by molar-refractivity contribution is 5.92. The van der Waals surface area contributed by atoms with Crippen molar-refractivity contribution in [1.29, 1.82) is 0 Å². The number of nitrogens with two attached hydrogens (primary N) is 1. The molecule has 2 atom stereocenters. The summed E-state index contributed by atoms with van der Waals surface area (Å²) in [7, 11) is 0. The molecule has 0 aliphatic heterocycles. The zero-order valence-electron chi connectivity index (χ0n) is 12.9. The summed E-state index contributed by atoms with van der Waals surface area (Å²) in [6.45, 7) is 7.35. The first-order valence-electron chi connectivity index (χ1n) is 7.54. The molecule has 2 aromatic rings. The summed E-state index contributed by atoms with van der Waals surface area (Å²) in [6.07, 6.45) is 3.21. The molecule has 1 heterocycles. The fourth-order valence-corrected chi connectivity index (χ4v) is 3.09. The molecule has 2 unspecified atom stereocenters. The molecule has 21 heavy (non-hydrogen) atoms. The fourth-order valence-electron chi connectivity index (χ4n) is 3.09. The number of benzene rings is 1. The minimum Gasteiger partial charge on any atom is -0.399 e. The second-order valence-corrected chi connectivity index (χ2v) is 6.33. The zero-order chi connectivity index (χ0) is 15.0. The largest absolute Gasteiger partial charge is 0.399 e. The van der Waals surface area contributed by atoms with Crippen molar-refractivity contribution in [2.75, 3.05) is 17.7 Å². The number of ether oxygens (including phenoxy) is 1. The molecule has 1 saturated carbocycles. The highest BCUT2D eigenvalue weighted by Crippen LogP contribution is 2.44. The lowest BCUT2D eigenvalue weighted by Crippen LogP contribution is -2.58. The van der Waals surface area contributed by atoms with Crippen LogP contribution < -0.4 is 11.1 Å². The fraction of sp³-hybridized carbons (Fsp3) is 0.471. The number of pyridine rings is 1. The number of nitrogens with one attached hydrogen (secondary N) is 1. The van der Waals surface area contributed by atoms with E-state index in [2.05, 4.69) is 31.1 Å². The van der Waals surface area contributed by atoms with Gasteiger partial charge in [0, 0.05) is 41.0 Å². The van der Waals surface area contributed by atoms with Gasteiger partial charge in [0.2, 0.25) is 0 Å². The maximum Gasteiger partial charge on any atom is 0.0743 e. The van der Waals surface area contributed by atoms with E-state index in [1.54, 1.807) is 0 Å². The molecule has 1 aliphatic rings. The molecule has 0 amide bonds. The minimum atomic E-state index is 0.138. The maximum atomic E-state index is 5.83. The summed E-state index contributed by atoms with van der Waals surface area (Å²) in [4.78, 5) is 4.39. The SMILES string of the molecule is CCOC1CC(Nc2ccnc3cc(N)ccc23)C1(C)C. The van der Waals surface area contributed by atoms with Crippen LogP contribution in [0.15, 0.2) is 30.5 Å². The van der Waals surface area contributed by atoms with Crippen molar-refractivity contribution in [3.63, 3.8) is 0 Å². The summed E-state index contributed by atoms with van der Waals surface area (Å²) in [6, 6.07) is 8.31. The van der Waals surface area contributed by atoms with Crippen molar-refractivity contribution in [1.82, 2.24) is 4.98 Å². The Morgan fingerprint density at radius 1 is 1.38 bits per heavy atom. The van der Waals surface area contributed by atoms with E-state index in [0.29, 0.717) is 12.1 Å². The molecule has 0 bridgehead atoms. The van der Waals surface area contributed by atoms with Crippen LogP contribution in [-0.4, -0.2) is 23.7 Å². The maximum absolute atomic E-state index is 5.83. The van der Waals surface area contributed by atoms with Crippen LogP contribution in [0.3, 0.4) is 0 Å². The second-order valence-electron chi connectivity index (χ2n) is 6.33. The van der Waals surface area contributed by atoms with Crippen LogP contribution in [0.5, 0.6) is 0 Å². The molecule has 1 aliphatic carbocycles. The third-order valence-electron chi connectivity index (χ3n) is 4.64. The number of aromatic nitrogens is 1. The van der Waals surface area contributed by atoms with Gasteiger partial charge < -0.3 is 15.8 Å². The second kappa shape index (κ2) is 5.19. The lowest BCUT2D eigenvalue weighted by atomic mass is 9.64. The van der Waals surface area contributed by atoms with Gasteiger partial charge in [-0.05, 0) is 37.6 Å². The number of hydrogen-bond acceptors (Lipinski definition) is 4. The van der Waals surface area contributed by atoms with Crippen molar-refractivity contribution in [3.8, 4) is 0 Å². The molecule has 0 radical (unpaired) electrons. The van der Waals surface area contributed by atoms with Crippen LogP contribution in [0, 0.1) is 5.41 Å². The van der Waals surface area contributed by atoms with E-state index in [9.17, 15) is 0 Å². The smallest absolute Gasteiger partial charge is 0.0743 e. The number of hydrogen-bond donors (Lipinski definition) is 2. The topological polar surface area (TPSA) is 60.2 Å². The van der Waals surface area contributed by atoms with E-state index in [1.165, 1.54) is 0 Å². The number of fused-ring (bicyclic) bond motifs is 1. The summed E-state index contributed by atoms with van der Waals surface area (Å²) in [5.74, 6) is 0. The quantitative estimate of drug-likeness (QED) is 0.845. The molecule has 3 N–H and O–H groups in total. The Morgan fingerprint density at radius 3 is 2.90 bits per heavy atom. The third-order valence-corrected chi connectivity index (χ3v) is 4.64. The van der Waals surface area contributed by atoms with Gasteiger partial charge in [0.1, 0.15) is 0 Å². The minimum absolute atomic E-state index is 0.138. The van der Waals surface area contributed by atoms with E-state index in [1.807, 2.05) is 30.5 Å². The lowest BCUT2D eigenvalue weighted by Gasteiger charge is -2.52. The Hall–Kier alpha value is -1.81. The number of rotatable bonds is 4. The van der Waals surface area contributed by atoms with E-state index in [-0.39, 0.29) is 5.41 Å². The Kier molecular flexibility index (Phi) is 3.49. The Labute approximate surface area is 125 Å². The highest BCUT2D eigenvalue weighted by atomic mass is 16.5. The van der Waals surface area contributed by atoms with Crippen LogP contribution in [0.25, 0.3) is 10.9 Å². The van der Waals surface area contributed by atoms with Crippen LogP contribution >= 0.6 is 0 Å². The van der Waals surface area contributed by atoms with E-state index >= 15 is 0 Å². The molecular weight excluding hydrogens is 262 g/mol. The van der Waals surface area contributed by atoms with Crippen molar-refractivity contribution in [2.24, 2.45) is 5.41 Å². The number of nitrogens with zero attached hydrogens (tertiary/aromatic N) is 1. The van der Waals surface area contributed by atoms with Gasteiger partial charge >= 0.3 is 0 Å². The number of anilines is 2. The van der Waals surface area contributed by atoms with Crippen molar-refractivity contribution < 1.29 is 4.74 Å². The van der Waals surface area contributed by atoms with Crippen molar-refractivity contribution >= 4 is 22.3 Å². The Bertz CT molecular complexity index is 654. The average Bonchev–Trinajstić information content (AvgIpc) is 2.46. The molecule has 1 aromatic carbocycles. The van der Waals surface area contributed by atoms with Crippen LogP contribution in [0.1, 0.15) is 27.2 Å². The predicted octanol–water partition coefficient (Wildman–Crippen LogP) is 3.43. The van der Waals surface area contributed by atoms with E-state index in [0.717, 1.165) is 35.3 Å². The molecule has 1 fully saturated rings. The summed E-state index contributed by atoms with van der Waals surface area (Å²) in [5.41, 5.74) is 8.76. The predicted molar refractivity (Wildman–Crippen MR) is 87.4 cm³/mol. The van der Waals surface area contributed by atoms with Crippen molar-refractivity contribution in [2.45, 2.75) is 39.3 Å². The van der Waals surface area contributed by atoms with E-state index in [4.69, 9.17) is 10.5 Å². The summed E-state index contributed by atoms with van der Waals surface area (Å²) >= 11 is 0. The van der Waals surface area contributed by atoms with Gasteiger partial charge in [-0.3, -0.25) is 4.98 Å². The normalized spacial score (nSPS) is 23.8. The Morgan fingerprint density at radius 2 is 2.19 bits per heavy atom. The van der Waals surface area contributed by atoms with Crippen LogP contribution in [-0.2, 0) is 4.74 Å². The van der Waals surface area contributed by atoms with Gasteiger partial charge in [0.15, 0.2) is 0 Å². The molecule has 0 saturated heterocycles. The monoisotopic (exact) mass is 285 g/mol. The van der Waals surface area contributed by atoms with Gasteiger partial charge in [-0.25, -0.2) is 0 Å². The molecular formula is C17H23N3O. The number of nitrogen functional groups attached to an aromatic ring is 1. The molecule has 3 rings (SSSR count). The van der Waals surface area contributed by atoms with Gasteiger partial charge in [-0.2, -0.15) is 0 Å². The molecule has 1 aromatic heterocycles. The first-order chi connectivity index (χ1) is 10.0. The third kappa shape index (κ3) is 2.44. The first-order valence-corrected chi connectivity index (χ1v) is 7.54. The zero-order valence-corrected chi connectivity index (χ0v) is 12.9. The van der Waals surface area contributed by atoms with Crippen molar-refractivity contribution in [3.05, 3.63) is 30.5 Å². The van der Waals surface area contributed by atoms with Crippen LogP contribution in [0.2, 0.25) is 0 Å². The first kappa shape index (κ1) is 14.1. The summed E-state index contributed by atoms with van der Waals surface area (Å²) in [5, 5.41) is 4.77. The van der Waals surface area contributed by atoms with Gasteiger partial charge in [0.25, 0.3) is 0 Å². The Balaban J connectivity index is 1.83. The van der Waals surface area contributed by atoms with Gasteiger partial charge in [0.05, 0.1) is 11.6 Å². The molecule has 4 heteroatoms. The average molecular weight is 285 g/mol. The molecule has 4 nitrogen and oxygen atoms in total. The van der Waals surface area contributed by atoms with E-state index < -0.39 is 0 Å². The highest BCUT2D eigenvalue weighted by Gasteiger charge is 2.48. The van der Waals surface area contributed by atoms with Gasteiger partial charge in [-0.15, -0.1) is 0 Å². The summed E-state index contributed by atoms with van der Waals surface area (Å²) < 4.78 is 5.80. The van der Waals surface area contributed by atoms with Gasteiger partial charge in [-0.1, -0.05) is 13.8 Å². The molecule has 112 valence electrons. The van der Waals surface area contributed by atoms with Crippen LogP contribution in [0.4, 0.5) is 11.4 Å².